The van der Waals surface area contributed by atoms with Crippen molar-refractivity contribution >= 4 is 48.3 Å². The zero-order chi connectivity index (χ0) is 22.5. The Bertz CT molecular complexity index is 1670. The van der Waals surface area contributed by atoms with Crippen molar-refractivity contribution in [1.29, 1.82) is 0 Å². The molecule has 0 unspecified atom stereocenters. The fourth-order valence-electron chi connectivity index (χ4n) is 3.08. The van der Waals surface area contributed by atoms with Gasteiger partial charge in [-0.3, -0.25) is 4.79 Å². The lowest BCUT2D eigenvalue weighted by atomic mass is 10.2. The van der Waals surface area contributed by atoms with E-state index in [9.17, 15) is 13.2 Å². The van der Waals surface area contributed by atoms with Gasteiger partial charge in [-0.05, 0) is 48.5 Å². The van der Waals surface area contributed by atoms with Crippen LogP contribution in [0.25, 0.3) is 33.7 Å². The van der Waals surface area contributed by atoms with Crippen LogP contribution in [0.5, 0.6) is 0 Å². The Morgan fingerprint density at radius 3 is 2.34 bits per heavy atom. The van der Waals surface area contributed by atoms with Gasteiger partial charge in [0.25, 0.3) is 5.56 Å². The number of aromatic nitrogens is 3. The number of thiazole rings is 1. The molecule has 2 N–H and O–H groups in total. The van der Waals surface area contributed by atoms with Crippen LogP contribution in [0.15, 0.2) is 79.2 Å². The van der Waals surface area contributed by atoms with Crippen molar-refractivity contribution in [3.63, 3.8) is 0 Å². The smallest absolute Gasteiger partial charge is 0.291 e. The van der Waals surface area contributed by atoms with Gasteiger partial charge < -0.3 is 4.42 Å². The fourth-order valence-corrected chi connectivity index (χ4v) is 4.75. The molecule has 160 valence electrons. The Hall–Kier alpha value is -3.12. The molecule has 5 aromatic rings. The molecule has 11 heteroatoms. The minimum atomic E-state index is -3.76. The van der Waals surface area contributed by atoms with E-state index >= 15 is 0 Å². The normalized spacial score (nSPS) is 12.6. The summed E-state index contributed by atoms with van der Waals surface area (Å²) in [5.41, 5.74) is 1.22. The molecule has 0 bridgehead atoms. The molecule has 0 spiro atoms. The molecule has 0 aliphatic rings. The molecule has 2 aromatic carbocycles. The third-order valence-electron chi connectivity index (χ3n) is 4.65. The molecular weight excluding hydrogens is 516 g/mol. The third kappa shape index (κ3) is 3.91. The number of nitrogens with zero attached hydrogens (tertiary/aromatic N) is 3. The van der Waals surface area contributed by atoms with Crippen molar-refractivity contribution in [2.75, 3.05) is 0 Å². The molecule has 5 rings (SSSR count). The van der Waals surface area contributed by atoms with E-state index in [0.717, 1.165) is 10.0 Å². The lowest BCUT2D eigenvalue weighted by Crippen LogP contribution is -2.23. The molecule has 0 aliphatic heterocycles. The molecule has 8 nitrogen and oxygen atoms in total. The summed E-state index contributed by atoms with van der Waals surface area (Å²) in [5, 5.41) is 9.46. The predicted molar refractivity (Wildman–Crippen MR) is 125 cm³/mol. The van der Waals surface area contributed by atoms with Gasteiger partial charge in [-0.1, -0.05) is 39.4 Å². The van der Waals surface area contributed by atoms with Crippen LogP contribution in [-0.4, -0.2) is 23.0 Å². The van der Waals surface area contributed by atoms with Crippen molar-refractivity contribution in [3.8, 4) is 22.7 Å². The van der Waals surface area contributed by atoms with Crippen molar-refractivity contribution in [2.45, 2.75) is 4.90 Å². The SMILES string of the molecule is NS(=O)(=O)c1ccc(-c2ccc(/C=c3\sc4nc(-c5ccc(Br)cc5)nn4c3=O)o2)cc1. The number of fused-ring (bicyclic) bond motifs is 1. The zero-order valence-corrected chi connectivity index (χ0v) is 19.3. The number of rotatable bonds is 4. The Labute approximate surface area is 193 Å². The number of halogens is 1. The second kappa shape index (κ2) is 7.78. The van der Waals surface area contributed by atoms with Gasteiger partial charge in [-0.2, -0.15) is 9.50 Å². The number of hydrogen-bond acceptors (Lipinski definition) is 7. The quantitative estimate of drug-likeness (QED) is 0.382. The predicted octanol–water partition coefficient (Wildman–Crippen LogP) is 3.04. The lowest BCUT2D eigenvalue weighted by Gasteiger charge is -2.00. The highest BCUT2D eigenvalue weighted by atomic mass is 79.9. The first-order chi connectivity index (χ1) is 15.3. The van der Waals surface area contributed by atoms with Gasteiger partial charge in [-0.15, -0.1) is 5.10 Å². The lowest BCUT2D eigenvalue weighted by molar-refractivity contribution is 0.571. The summed E-state index contributed by atoms with van der Waals surface area (Å²) < 4.78 is 31.3. The van der Waals surface area contributed by atoms with Gasteiger partial charge >= 0.3 is 0 Å². The maximum Gasteiger partial charge on any atom is 0.291 e. The molecule has 0 saturated carbocycles. The summed E-state index contributed by atoms with van der Waals surface area (Å²) in [6.45, 7) is 0. The van der Waals surface area contributed by atoms with Crippen molar-refractivity contribution < 1.29 is 12.8 Å². The molecule has 3 heterocycles. The standard InChI is InChI=1S/C21H13BrN4O4S2/c22-14-5-1-13(2-6-14)19-24-21-26(25-19)20(27)18(31-21)11-15-7-10-17(30-15)12-3-8-16(9-4-12)32(23,28)29/h1-11H,(H2,23,28,29)/b18-11-. The second-order valence-electron chi connectivity index (χ2n) is 6.82. The monoisotopic (exact) mass is 528 g/mol. The van der Waals surface area contributed by atoms with E-state index in [1.807, 2.05) is 24.3 Å². The van der Waals surface area contributed by atoms with Crippen LogP contribution >= 0.6 is 27.3 Å². The number of sulfonamides is 1. The van der Waals surface area contributed by atoms with Crippen LogP contribution < -0.4 is 15.2 Å². The van der Waals surface area contributed by atoms with Crippen LogP contribution in [-0.2, 0) is 10.0 Å². The molecule has 0 atom stereocenters. The second-order valence-corrected chi connectivity index (χ2v) is 10.3. The number of nitrogens with two attached hydrogens (primary N) is 1. The van der Waals surface area contributed by atoms with Crippen molar-refractivity contribution in [2.24, 2.45) is 5.14 Å². The molecule has 0 fully saturated rings. The minimum Gasteiger partial charge on any atom is -0.457 e. The Morgan fingerprint density at radius 2 is 1.69 bits per heavy atom. The van der Waals surface area contributed by atoms with Gasteiger partial charge in [0.15, 0.2) is 5.82 Å². The van der Waals surface area contributed by atoms with E-state index in [1.165, 1.54) is 28.0 Å². The summed E-state index contributed by atoms with van der Waals surface area (Å²) in [6.07, 6.45) is 1.63. The first-order valence-corrected chi connectivity index (χ1v) is 12.3. The maximum atomic E-state index is 12.8. The van der Waals surface area contributed by atoms with Gasteiger partial charge in [0.05, 0.1) is 4.90 Å². The highest BCUT2D eigenvalue weighted by Gasteiger charge is 2.13. The van der Waals surface area contributed by atoms with Gasteiger partial charge in [-0.25, -0.2) is 13.6 Å². The summed E-state index contributed by atoms with van der Waals surface area (Å²) in [4.78, 5) is 17.7. The molecule has 0 amide bonds. The summed E-state index contributed by atoms with van der Waals surface area (Å²) in [6, 6.07) is 17.0. The molecule has 0 radical (unpaired) electrons. The molecule has 0 saturated heterocycles. The molecular formula is C21H13BrN4O4S2. The van der Waals surface area contributed by atoms with Crippen LogP contribution in [0.2, 0.25) is 0 Å². The van der Waals surface area contributed by atoms with Crippen LogP contribution in [0, 0.1) is 0 Å². The van der Waals surface area contributed by atoms with Gasteiger partial charge in [0, 0.05) is 21.7 Å². The molecule has 3 aromatic heterocycles. The Morgan fingerprint density at radius 1 is 1.00 bits per heavy atom. The summed E-state index contributed by atoms with van der Waals surface area (Å²) >= 11 is 4.61. The number of hydrogen-bond donors (Lipinski definition) is 1. The van der Waals surface area contributed by atoms with Crippen LogP contribution in [0.4, 0.5) is 0 Å². The van der Waals surface area contributed by atoms with Crippen LogP contribution in [0.3, 0.4) is 0 Å². The van der Waals surface area contributed by atoms with E-state index in [1.54, 1.807) is 30.3 Å². The largest absolute Gasteiger partial charge is 0.457 e. The topological polar surface area (TPSA) is 121 Å². The van der Waals surface area contributed by atoms with Crippen molar-refractivity contribution in [1.82, 2.24) is 14.6 Å². The third-order valence-corrected chi connectivity index (χ3v) is 7.07. The highest BCUT2D eigenvalue weighted by molar-refractivity contribution is 9.10. The van der Waals surface area contributed by atoms with E-state index in [4.69, 9.17) is 9.56 Å². The average Bonchev–Trinajstić information content (AvgIpc) is 3.46. The zero-order valence-electron chi connectivity index (χ0n) is 16.1. The minimum absolute atomic E-state index is 0.0209. The number of benzene rings is 2. The van der Waals surface area contributed by atoms with Crippen molar-refractivity contribution in [3.05, 3.63) is 85.8 Å². The average molecular weight is 529 g/mol. The first-order valence-electron chi connectivity index (χ1n) is 9.18. The Kier molecular flexibility index (Phi) is 5.05. The van der Waals surface area contributed by atoms with Gasteiger partial charge in [0.2, 0.25) is 15.0 Å². The summed E-state index contributed by atoms with van der Waals surface area (Å²) in [5.74, 6) is 1.49. The first kappa shape index (κ1) is 20.8. The van der Waals surface area contributed by atoms with E-state index in [2.05, 4.69) is 26.0 Å². The molecule has 0 aliphatic carbocycles. The molecule has 32 heavy (non-hydrogen) atoms. The Balaban J connectivity index is 1.46. The van der Waals surface area contributed by atoms with E-state index in [-0.39, 0.29) is 10.5 Å². The van der Waals surface area contributed by atoms with Gasteiger partial charge in [0.1, 0.15) is 16.1 Å². The fraction of sp³-hybridized carbons (Fsp3) is 0. The summed E-state index contributed by atoms with van der Waals surface area (Å²) in [7, 11) is -3.76. The number of furan rings is 1. The number of primary sulfonamides is 1. The maximum absolute atomic E-state index is 12.8. The van der Waals surface area contributed by atoms with E-state index in [0.29, 0.717) is 32.4 Å². The van der Waals surface area contributed by atoms with E-state index < -0.39 is 10.0 Å². The highest BCUT2D eigenvalue weighted by Crippen LogP contribution is 2.24. The van der Waals surface area contributed by atoms with Crippen LogP contribution in [0.1, 0.15) is 5.76 Å².